The van der Waals surface area contributed by atoms with Gasteiger partial charge in [0, 0.05) is 29.3 Å². The van der Waals surface area contributed by atoms with Gasteiger partial charge in [0.25, 0.3) is 5.91 Å². The first-order valence-electron chi connectivity index (χ1n) is 13.6. The van der Waals surface area contributed by atoms with Crippen LogP contribution in [0.15, 0.2) is 29.8 Å². The first-order chi connectivity index (χ1) is 18.3. The number of benzene rings is 1. The molecule has 1 saturated heterocycles. The maximum Gasteiger partial charge on any atom is 0.332 e. The first kappa shape index (κ1) is 32.1. The fourth-order valence-corrected chi connectivity index (χ4v) is 7.65. The average molecular weight is 593 g/mol. The predicted octanol–water partition coefficient (Wildman–Crippen LogP) is 5.82. The van der Waals surface area contributed by atoms with Gasteiger partial charge in [-0.15, -0.1) is 11.3 Å². The monoisotopic (exact) mass is 592 g/mol. The van der Waals surface area contributed by atoms with Crippen molar-refractivity contribution in [2.75, 3.05) is 19.1 Å². The minimum Gasteiger partial charge on any atom is -0.496 e. The van der Waals surface area contributed by atoms with Crippen LogP contribution >= 0.6 is 11.3 Å². The molecule has 0 unspecified atom stereocenters. The van der Waals surface area contributed by atoms with E-state index in [9.17, 15) is 18.0 Å². The number of rotatable bonds is 8. The van der Waals surface area contributed by atoms with Gasteiger partial charge in [0.2, 0.25) is 0 Å². The number of amides is 1. The molecule has 3 rings (SSSR count). The van der Waals surface area contributed by atoms with Gasteiger partial charge in [0.1, 0.15) is 31.7 Å². The summed E-state index contributed by atoms with van der Waals surface area (Å²) in [6.45, 7) is 15.5. The number of carbonyl (C=O) groups excluding carboxylic acids is 2. The van der Waals surface area contributed by atoms with E-state index in [1.807, 2.05) is 19.9 Å². The molecule has 3 atom stereocenters. The molecule has 1 aromatic carbocycles. The predicted molar refractivity (Wildman–Crippen MR) is 159 cm³/mol. The molecule has 2 aromatic rings. The number of carbonyl (C=O) groups is 2. The topological polar surface area (TPSA) is 103 Å². The highest BCUT2D eigenvalue weighted by atomic mass is 32.2. The van der Waals surface area contributed by atoms with Gasteiger partial charge in [-0.3, -0.25) is 4.79 Å². The minimum absolute atomic E-state index is 0.00884. The Kier molecular flexibility index (Phi) is 9.16. The number of thiazole rings is 1. The van der Waals surface area contributed by atoms with Gasteiger partial charge >= 0.3 is 5.97 Å². The highest BCUT2D eigenvalue weighted by molar-refractivity contribution is 7.90. The molecule has 1 amide bonds. The van der Waals surface area contributed by atoms with Gasteiger partial charge in [-0.1, -0.05) is 40.7 Å². The standard InChI is InChI=1S/C30H44N2O6S2/c1-19(2)16-30(27(34)38-29(6,7)8)17-21(18-40(10,35)36)24(25-31-13-14-39-25)32(30)26(33)20-11-12-22(28(3,4)5)23(15-20)37-9/h11-15,19,21,24H,16-18H2,1-10H3/t21-,24+,30-/m0/s1. The number of methoxy groups -OCH3 is 1. The lowest BCUT2D eigenvalue weighted by Crippen LogP contribution is -2.56. The second kappa shape index (κ2) is 11.4. The zero-order chi connectivity index (χ0) is 30.3. The van der Waals surface area contributed by atoms with E-state index in [-0.39, 0.29) is 29.4 Å². The van der Waals surface area contributed by atoms with Crippen LogP contribution in [0.25, 0.3) is 0 Å². The maximum absolute atomic E-state index is 14.7. The molecular formula is C30H44N2O6S2. The van der Waals surface area contributed by atoms with Crippen LogP contribution in [-0.4, -0.2) is 60.4 Å². The smallest absolute Gasteiger partial charge is 0.332 e. The second-order valence-electron chi connectivity index (χ2n) is 13.3. The second-order valence-corrected chi connectivity index (χ2v) is 16.5. The first-order valence-corrected chi connectivity index (χ1v) is 16.6. The SMILES string of the molecule is COc1cc(C(=O)N2[C@@H](c3nccs3)[C@H](CS(C)(=O)=O)C[C@@]2(CC(C)C)C(=O)OC(C)(C)C)ccc1C(C)(C)C. The molecule has 0 aliphatic carbocycles. The van der Waals surface area contributed by atoms with Gasteiger partial charge < -0.3 is 14.4 Å². The molecule has 0 spiro atoms. The Bertz CT molecular complexity index is 1320. The van der Waals surface area contributed by atoms with Crippen molar-refractivity contribution in [3.63, 3.8) is 0 Å². The molecule has 0 bridgehead atoms. The third-order valence-corrected chi connectivity index (χ3v) is 8.89. The number of sulfone groups is 1. The van der Waals surface area contributed by atoms with E-state index in [1.165, 1.54) is 17.6 Å². The van der Waals surface area contributed by atoms with Gasteiger partial charge in [-0.2, -0.15) is 0 Å². The Balaban J connectivity index is 2.31. The number of aromatic nitrogens is 1. The maximum atomic E-state index is 14.7. The molecule has 40 heavy (non-hydrogen) atoms. The van der Waals surface area contributed by atoms with Crippen molar-refractivity contribution in [2.45, 2.75) is 90.8 Å². The van der Waals surface area contributed by atoms with Crippen LogP contribution < -0.4 is 4.74 Å². The van der Waals surface area contributed by atoms with Gasteiger partial charge in [-0.05, 0) is 62.6 Å². The molecule has 0 saturated carbocycles. The number of likely N-dealkylation sites (tertiary alicyclic amines) is 1. The summed E-state index contributed by atoms with van der Waals surface area (Å²) in [7, 11) is -1.88. The molecule has 0 radical (unpaired) electrons. The molecule has 1 aliphatic heterocycles. The summed E-state index contributed by atoms with van der Waals surface area (Å²) in [5.41, 5.74) is -1.12. The molecule has 1 fully saturated rings. The molecule has 1 aromatic heterocycles. The Labute approximate surface area is 243 Å². The third-order valence-electron chi connectivity index (χ3n) is 7.01. The molecule has 0 N–H and O–H groups in total. The van der Waals surface area contributed by atoms with Crippen molar-refractivity contribution in [3.05, 3.63) is 45.9 Å². The zero-order valence-electron chi connectivity index (χ0n) is 25.4. The molecule has 222 valence electrons. The summed E-state index contributed by atoms with van der Waals surface area (Å²) >= 11 is 1.35. The Morgan fingerprint density at radius 1 is 1.18 bits per heavy atom. The van der Waals surface area contributed by atoms with Crippen LogP contribution in [0.3, 0.4) is 0 Å². The van der Waals surface area contributed by atoms with Crippen LogP contribution in [0.4, 0.5) is 0 Å². The van der Waals surface area contributed by atoms with Crippen molar-refractivity contribution < 1.29 is 27.5 Å². The molecular weight excluding hydrogens is 548 g/mol. The molecule has 8 nitrogen and oxygen atoms in total. The quantitative estimate of drug-likeness (QED) is 0.356. The van der Waals surface area contributed by atoms with Gasteiger partial charge in [0.15, 0.2) is 0 Å². The largest absolute Gasteiger partial charge is 0.496 e. The van der Waals surface area contributed by atoms with Crippen molar-refractivity contribution >= 4 is 33.1 Å². The fraction of sp³-hybridized carbons (Fsp3) is 0.633. The van der Waals surface area contributed by atoms with E-state index in [1.54, 1.807) is 56.5 Å². The number of ether oxygens (including phenoxy) is 2. The van der Waals surface area contributed by atoms with Crippen molar-refractivity contribution in [3.8, 4) is 5.75 Å². The van der Waals surface area contributed by atoms with Crippen molar-refractivity contribution in [1.29, 1.82) is 0 Å². The summed E-state index contributed by atoms with van der Waals surface area (Å²) in [5.74, 6) is -1.07. The Hall–Kier alpha value is -2.46. The number of nitrogens with zero attached hydrogens (tertiary/aromatic N) is 2. The zero-order valence-corrected chi connectivity index (χ0v) is 27.0. The summed E-state index contributed by atoms with van der Waals surface area (Å²) < 4.78 is 36.9. The lowest BCUT2D eigenvalue weighted by Gasteiger charge is -2.41. The summed E-state index contributed by atoms with van der Waals surface area (Å²) in [6, 6.07) is 4.62. The van der Waals surface area contributed by atoms with Gasteiger partial charge in [0.05, 0.1) is 18.9 Å². The highest BCUT2D eigenvalue weighted by Gasteiger charge is 2.61. The third kappa shape index (κ3) is 7.05. The van der Waals surface area contributed by atoms with E-state index >= 15 is 0 Å². The van der Waals surface area contributed by atoms with Crippen LogP contribution in [0, 0.1) is 11.8 Å². The number of hydrogen-bond donors (Lipinski definition) is 0. The van der Waals surface area contributed by atoms with E-state index in [0.717, 1.165) is 5.56 Å². The average Bonchev–Trinajstić information content (AvgIpc) is 3.41. The van der Waals surface area contributed by atoms with E-state index < -0.39 is 38.9 Å². The number of hydrogen-bond acceptors (Lipinski definition) is 8. The summed E-state index contributed by atoms with van der Waals surface area (Å²) in [5, 5.41) is 2.39. The minimum atomic E-state index is -3.45. The summed E-state index contributed by atoms with van der Waals surface area (Å²) in [4.78, 5) is 34.9. The molecule has 1 aliphatic rings. The van der Waals surface area contributed by atoms with Crippen LogP contribution in [0.1, 0.15) is 95.2 Å². The van der Waals surface area contributed by atoms with Gasteiger partial charge in [-0.25, -0.2) is 18.2 Å². The normalized spacial score (nSPS) is 22.0. The Morgan fingerprint density at radius 2 is 1.82 bits per heavy atom. The Morgan fingerprint density at radius 3 is 2.30 bits per heavy atom. The van der Waals surface area contributed by atoms with E-state index in [0.29, 0.717) is 22.7 Å². The van der Waals surface area contributed by atoms with Crippen molar-refractivity contribution in [1.82, 2.24) is 9.88 Å². The lowest BCUT2D eigenvalue weighted by atomic mass is 9.83. The fourth-order valence-electron chi connectivity index (χ4n) is 5.75. The van der Waals surface area contributed by atoms with Crippen LogP contribution in [-0.2, 0) is 24.8 Å². The number of esters is 1. The molecule has 2 heterocycles. The van der Waals surface area contributed by atoms with E-state index in [4.69, 9.17) is 9.47 Å². The highest BCUT2D eigenvalue weighted by Crippen LogP contribution is 2.52. The van der Waals surface area contributed by atoms with Crippen molar-refractivity contribution in [2.24, 2.45) is 11.8 Å². The van der Waals surface area contributed by atoms with Crippen LogP contribution in [0.5, 0.6) is 5.75 Å². The molecule has 10 heteroatoms. The van der Waals surface area contributed by atoms with Crippen LogP contribution in [0.2, 0.25) is 0 Å². The van der Waals surface area contributed by atoms with E-state index in [2.05, 4.69) is 25.8 Å². The lowest BCUT2D eigenvalue weighted by molar-refractivity contribution is -0.168. The summed E-state index contributed by atoms with van der Waals surface area (Å²) in [6.07, 6.45) is 3.29.